The van der Waals surface area contributed by atoms with Gasteiger partial charge in [-0.25, -0.2) is 0 Å². The van der Waals surface area contributed by atoms with E-state index in [2.05, 4.69) is 32.9 Å². The lowest BCUT2D eigenvalue weighted by Crippen LogP contribution is -2.50. The minimum atomic E-state index is 0.980. The largest absolute Gasteiger partial charge is 0.0842 e. The van der Waals surface area contributed by atoms with Gasteiger partial charge in [0, 0.05) is 0 Å². The monoisotopic (exact) mass is 274 g/mol. The fraction of sp³-hybridized carbons (Fsp3) is 0.900. The van der Waals surface area contributed by atoms with Crippen molar-refractivity contribution in [1.82, 2.24) is 0 Å². The summed E-state index contributed by atoms with van der Waals surface area (Å²) in [6.07, 6.45) is 11.2. The molecule has 0 heterocycles. The molecule has 4 rings (SSSR count). The first-order valence-corrected chi connectivity index (χ1v) is 9.35. The molecule has 9 unspecified atom stereocenters. The van der Waals surface area contributed by atoms with Crippen LogP contribution >= 0.6 is 0 Å². The van der Waals surface area contributed by atoms with Crippen molar-refractivity contribution in [3.63, 3.8) is 0 Å². The van der Waals surface area contributed by atoms with Crippen molar-refractivity contribution in [3.8, 4) is 0 Å². The maximum Gasteiger partial charge on any atom is -0.0136 e. The van der Waals surface area contributed by atoms with Gasteiger partial charge in [-0.15, -0.1) is 0 Å². The van der Waals surface area contributed by atoms with E-state index in [4.69, 9.17) is 0 Å². The smallest absolute Gasteiger partial charge is 0.0136 e. The Morgan fingerprint density at radius 3 is 2.00 bits per heavy atom. The molecule has 3 fully saturated rings. The highest BCUT2D eigenvalue weighted by molar-refractivity contribution is 5.22. The quantitative estimate of drug-likeness (QED) is 0.490. The molecule has 0 nitrogen and oxygen atoms in total. The van der Waals surface area contributed by atoms with Crippen LogP contribution in [0.4, 0.5) is 0 Å². The van der Waals surface area contributed by atoms with Gasteiger partial charge >= 0.3 is 0 Å². The van der Waals surface area contributed by atoms with Crippen LogP contribution in [0.5, 0.6) is 0 Å². The summed E-state index contributed by atoms with van der Waals surface area (Å²) in [5.41, 5.74) is 0. The van der Waals surface area contributed by atoms with Gasteiger partial charge in [0.15, 0.2) is 0 Å². The number of allylic oxidation sites excluding steroid dienone is 2. The summed E-state index contributed by atoms with van der Waals surface area (Å²) in [6.45, 7) is 11.6. The van der Waals surface area contributed by atoms with E-state index in [0.717, 1.165) is 53.3 Å². The Bertz CT molecular complexity index is 368. The Hall–Kier alpha value is -0.260. The van der Waals surface area contributed by atoms with Gasteiger partial charge in [0.05, 0.1) is 0 Å². The average Bonchev–Trinajstić information content (AvgIpc) is 2.73. The van der Waals surface area contributed by atoms with Gasteiger partial charge in [-0.1, -0.05) is 46.8 Å². The van der Waals surface area contributed by atoms with Crippen LogP contribution in [-0.4, -0.2) is 0 Å². The molecule has 114 valence electrons. The molecule has 2 bridgehead atoms. The number of hydrogen-bond donors (Lipinski definition) is 0. The standard InChI is InChI=1S/C18H28.C2H6/c1-10-8-18-15(14-6-7-16(14)18)5-4-13-9-17(10)12(3)11(13)2;1-2/h6-7,10-18H,4-5,8-9H2,1-3H3;1-2H3. The van der Waals surface area contributed by atoms with Crippen LogP contribution in [0.25, 0.3) is 0 Å². The van der Waals surface area contributed by atoms with E-state index in [1.165, 1.54) is 19.3 Å². The molecule has 20 heavy (non-hydrogen) atoms. The highest BCUT2D eigenvalue weighted by Crippen LogP contribution is 2.61. The summed E-state index contributed by atoms with van der Waals surface area (Å²) in [4.78, 5) is 0. The zero-order valence-electron chi connectivity index (χ0n) is 14.2. The van der Waals surface area contributed by atoms with Gasteiger partial charge in [0.25, 0.3) is 0 Å². The second-order valence-corrected chi connectivity index (χ2v) is 8.04. The van der Waals surface area contributed by atoms with Crippen LogP contribution in [0.3, 0.4) is 0 Å². The highest BCUT2D eigenvalue weighted by Gasteiger charge is 2.53. The van der Waals surface area contributed by atoms with E-state index in [0.29, 0.717) is 0 Å². The third-order valence-corrected chi connectivity index (χ3v) is 7.61. The summed E-state index contributed by atoms with van der Waals surface area (Å²) in [5.74, 6) is 9.18. The molecule has 0 N–H and O–H groups in total. The summed E-state index contributed by atoms with van der Waals surface area (Å²) in [7, 11) is 0. The van der Waals surface area contributed by atoms with E-state index in [1.807, 2.05) is 13.8 Å². The van der Waals surface area contributed by atoms with Gasteiger partial charge in [-0.3, -0.25) is 0 Å². The van der Waals surface area contributed by atoms with Gasteiger partial charge < -0.3 is 0 Å². The third kappa shape index (κ3) is 2.01. The lowest BCUT2D eigenvalue weighted by Gasteiger charge is -2.56. The first kappa shape index (κ1) is 14.7. The van der Waals surface area contributed by atoms with Crippen molar-refractivity contribution >= 4 is 0 Å². The first-order chi connectivity index (χ1) is 9.66. The molecule has 0 heteroatoms. The molecule has 9 atom stereocenters. The maximum atomic E-state index is 2.56. The number of fused-ring (bicyclic) bond motifs is 6. The zero-order valence-corrected chi connectivity index (χ0v) is 14.2. The van der Waals surface area contributed by atoms with Crippen LogP contribution in [0.1, 0.15) is 60.3 Å². The minimum Gasteiger partial charge on any atom is -0.0842 e. The molecule has 0 aliphatic heterocycles. The van der Waals surface area contributed by atoms with E-state index in [1.54, 1.807) is 6.42 Å². The van der Waals surface area contributed by atoms with Crippen molar-refractivity contribution in [3.05, 3.63) is 12.2 Å². The van der Waals surface area contributed by atoms with Gasteiger partial charge in [-0.05, 0) is 78.9 Å². The maximum absolute atomic E-state index is 2.56. The number of rotatable bonds is 0. The minimum absolute atomic E-state index is 0.980. The molecule has 0 spiro atoms. The zero-order chi connectivity index (χ0) is 14.4. The van der Waals surface area contributed by atoms with Crippen molar-refractivity contribution < 1.29 is 0 Å². The summed E-state index contributed by atoms with van der Waals surface area (Å²) in [6, 6.07) is 0. The molecule has 0 radical (unpaired) electrons. The molecule has 0 aromatic heterocycles. The lowest BCUT2D eigenvalue weighted by molar-refractivity contribution is -0.0129. The molecule has 0 aromatic carbocycles. The van der Waals surface area contributed by atoms with E-state index >= 15 is 0 Å². The molecule has 0 saturated heterocycles. The van der Waals surface area contributed by atoms with Crippen LogP contribution in [0.15, 0.2) is 12.2 Å². The van der Waals surface area contributed by atoms with Crippen LogP contribution in [0.2, 0.25) is 0 Å². The van der Waals surface area contributed by atoms with Crippen LogP contribution in [-0.2, 0) is 0 Å². The fourth-order valence-corrected chi connectivity index (χ4v) is 6.13. The van der Waals surface area contributed by atoms with Gasteiger partial charge in [0.2, 0.25) is 0 Å². The Kier molecular flexibility index (Phi) is 4.04. The Morgan fingerprint density at radius 2 is 1.35 bits per heavy atom. The van der Waals surface area contributed by atoms with Gasteiger partial charge in [-0.2, -0.15) is 0 Å². The molecule has 3 saturated carbocycles. The summed E-state index contributed by atoms with van der Waals surface area (Å²) in [5, 5.41) is 0. The normalized spacial score (nSPS) is 55.8. The third-order valence-electron chi connectivity index (χ3n) is 7.61. The SMILES string of the molecule is CC.CC1CC2C3C=CC3C2CCC2CC1C(C)C2C. The molecule has 0 amide bonds. The Labute approximate surface area is 126 Å². The number of hydrogen-bond acceptors (Lipinski definition) is 0. The molecule has 4 aliphatic carbocycles. The molecular weight excluding hydrogens is 240 g/mol. The second kappa shape index (κ2) is 5.50. The van der Waals surface area contributed by atoms with Gasteiger partial charge in [0.1, 0.15) is 0 Å². The molecular formula is C20H34. The molecule has 0 aromatic rings. The molecule has 4 aliphatic rings. The van der Waals surface area contributed by atoms with Crippen molar-refractivity contribution in [2.24, 2.45) is 53.3 Å². The Balaban J connectivity index is 0.000000581. The van der Waals surface area contributed by atoms with Crippen molar-refractivity contribution in [2.45, 2.75) is 60.3 Å². The first-order valence-electron chi connectivity index (χ1n) is 9.35. The predicted molar refractivity (Wildman–Crippen MR) is 87.4 cm³/mol. The van der Waals surface area contributed by atoms with E-state index in [9.17, 15) is 0 Å². The predicted octanol–water partition coefficient (Wildman–Crippen LogP) is 5.79. The van der Waals surface area contributed by atoms with Crippen molar-refractivity contribution in [1.29, 1.82) is 0 Å². The van der Waals surface area contributed by atoms with Crippen molar-refractivity contribution in [2.75, 3.05) is 0 Å². The van der Waals surface area contributed by atoms with Crippen LogP contribution in [0, 0.1) is 53.3 Å². The second-order valence-electron chi connectivity index (χ2n) is 8.04. The Morgan fingerprint density at radius 1 is 0.700 bits per heavy atom. The average molecular weight is 274 g/mol. The van der Waals surface area contributed by atoms with Crippen LogP contribution < -0.4 is 0 Å². The fourth-order valence-electron chi connectivity index (χ4n) is 6.13. The van der Waals surface area contributed by atoms with E-state index in [-0.39, 0.29) is 0 Å². The highest BCUT2D eigenvalue weighted by atomic mass is 14.6. The lowest BCUT2D eigenvalue weighted by atomic mass is 9.48. The summed E-state index contributed by atoms with van der Waals surface area (Å²) < 4.78 is 0. The summed E-state index contributed by atoms with van der Waals surface area (Å²) >= 11 is 0. The topological polar surface area (TPSA) is 0 Å². The van der Waals surface area contributed by atoms with E-state index < -0.39 is 0 Å².